The van der Waals surface area contributed by atoms with Crippen LogP contribution in [0.2, 0.25) is 0 Å². The van der Waals surface area contributed by atoms with Gasteiger partial charge in [-0.1, -0.05) is 41.5 Å². The van der Waals surface area contributed by atoms with Crippen molar-refractivity contribution in [1.82, 2.24) is 0 Å². The summed E-state index contributed by atoms with van der Waals surface area (Å²) < 4.78 is 0. The first kappa shape index (κ1) is 14.9. The summed E-state index contributed by atoms with van der Waals surface area (Å²) in [6, 6.07) is 0. The highest BCUT2D eigenvalue weighted by Gasteiger charge is 2.30. The molecular formula is C16H26O2. The first-order chi connectivity index (χ1) is 7.89. The topological polar surface area (TPSA) is 40.5 Å². The summed E-state index contributed by atoms with van der Waals surface area (Å²) in [4.78, 5) is 0. The molecule has 2 nitrogen and oxygen atoms in total. The Morgan fingerprint density at radius 2 is 0.833 bits per heavy atom. The zero-order chi connectivity index (χ0) is 14.5. The molecule has 0 aliphatic heterocycles. The minimum Gasteiger partial charge on any atom is -0.507 e. The lowest BCUT2D eigenvalue weighted by Crippen LogP contribution is -2.19. The predicted octanol–water partition coefficient (Wildman–Crippen LogP) is 4.31. The van der Waals surface area contributed by atoms with Crippen LogP contribution in [0.15, 0.2) is 0 Å². The fourth-order valence-electron chi connectivity index (χ4n) is 2.80. The quantitative estimate of drug-likeness (QED) is 0.674. The SMILES string of the molecule is Cc1c(O)c(C(C)(C)C)c(C)c(O)c1C(C)(C)C. The number of hydrogen-bond acceptors (Lipinski definition) is 2. The van der Waals surface area contributed by atoms with E-state index in [0.717, 1.165) is 22.3 Å². The third kappa shape index (κ3) is 2.33. The molecule has 0 atom stereocenters. The van der Waals surface area contributed by atoms with E-state index in [9.17, 15) is 10.2 Å². The van der Waals surface area contributed by atoms with E-state index in [1.54, 1.807) is 0 Å². The molecule has 0 heterocycles. The lowest BCUT2D eigenvalue weighted by Gasteiger charge is -2.30. The van der Waals surface area contributed by atoms with Gasteiger partial charge in [-0.05, 0) is 35.8 Å². The van der Waals surface area contributed by atoms with Crippen LogP contribution in [0.4, 0.5) is 0 Å². The van der Waals surface area contributed by atoms with Crippen LogP contribution >= 0.6 is 0 Å². The van der Waals surface area contributed by atoms with Crippen molar-refractivity contribution in [3.05, 3.63) is 22.3 Å². The highest BCUT2D eigenvalue weighted by molar-refractivity contribution is 5.61. The molecule has 1 rings (SSSR count). The standard InChI is InChI=1S/C16H26O2/c1-9-11(15(3,4)5)14(18)10(2)12(13(9)17)16(6,7)8/h17-18H,1-8H3. The van der Waals surface area contributed by atoms with Crippen molar-refractivity contribution in [2.75, 3.05) is 0 Å². The normalized spacial score (nSPS) is 12.9. The average molecular weight is 250 g/mol. The molecular weight excluding hydrogens is 224 g/mol. The number of rotatable bonds is 0. The van der Waals surface area contributed by atoms with Crippen LogP contribution in [0, 0.1) is 13.8 Å². The Morgan fingerprint density at radius 3 is 1.00 bits per heavy atom. The molecule has 0 unspecified atom stereocenters. The predicted molar refractivity (Wildman–Crippen MR) is 76.6 cm³/mol. The van der Waals surface area contributed by atoms with Crippen molar-refractivity contribution in [2.45, 2.75) is 66.2 Å². The molecule has 102 valence electrons. The van der Waals surface area contributed by atoms with E-state index in [1.807, 2.05) is 55.4 Å². The molecule has 0 aliphatic rings. The Labute approximate surface area is 111 Å². The van der Waals surface area contributed by atoms with Gasteiger partial charge in [0.05, 0.1) is 0 Å². The fraction of sp³-hybridized carbons (Fsp3) is 0.625. The molecule has 18 heavy (non-hydrogen) atoms. The van der Waals surface area contributed by atoms with Gasteiger partial charge in [0.15, 0.2) is 0 Å². The molecule has 0 spiro atoms. The second-order valence-electron chi connectivity index (χ2n) is 7.20. The molecule has 0 fully saturated rings. The van der Waals surface area contributed by atoms with Crippen molar-refractivity contribution in [1.29, 1.82) is 0 Å². The largest absolute Gasteiger partial charge is 0.507 e. The van der Waals surface area contributed by atoms with Crippen LogP contribution in [0.5, 0.6) is 11.5 Å². The number of aromatic hydroxyl groups is 2. The number of phenolic OH excluding ortho intramolecular Hbond substituents is 2. The van der Waals surface area contributed by atoms with Crippen LogP contribution in [0.3, 0.4) is 0 Å². The third-order valence-electron chi connectivity index (χ3n) is 3.43. The Kier molecular flexibility index (Phi) is 3.46. The van der Waals surface area contributed by atoms with Gasteiger partial charge in [-0.2, -0.15) is 0 Å². The maximum atomic E-state index is 10.5. The van der Waals surface area contributed by atoms with Crippen LogP contribution in [0.25, 0.3) is 0 Å². The summed E-state index contributed by atoms with van der Waals surface area (Å²) in [5.74, 6) is 0.644. The van der Waals surface area contributed by atoms with Crippen LogP contribution in [-0.4, -0.2) is 10.2 Å². The summed E-state index contributed by atoms with van der Waals surface area (Å²) in [6.07, 6.45) is 0. The molecule has 0 radical (unpaired) electrons. The molecule has 0 bridgehead atoms. The highest BCUT2D eigenvalue weighted by atomic mass is 16.3. The van der Waals surface area contributed by atoms with E-state index in [1.165, 1.54) is 0 Å². The molecule has 2 heteroatoms. The Bertz CT molecular complexity index is 397. The zero-order valence-corrected chi connectivity index (χ0v) is 12.9. The highest BCUT2D eigenvalue weighted by Crippen LogP contribution is 2.46. The van der Waals surface area contributed by atoms with E-state index in [-0.39, 0.29) is 10.8 Å². The molecule has 1 aromatic rings. The van der Waals surface area contributed by atoms with E-state index in [0.29, 0.717) is 11.5 Å². The molecule has 0 saturated carbocycles. The van der Waals surface area contributed by atoms with E-state index >= 15 is 0 Å². The molecule has 0 saturated heterocycles. The van der Waals surface area contributed by atoms with Gasteiger partial charge >= 0.3 is 0 Å². The second kappa shape index (κ2) is 4.18. The first-order valence-electron chi connectivity index (χ1n) is 6.45. The van der Waals surface area contributed by atoms with E-state index in [2.05, 4.69) is 0 Å². The van der Waals surface area contributed by atoms with Crippen molar-refractivity contribution in [2.24, 2.45) is 0 Å². The molecule has 0 amide bonds. The Morgan fingerprint density at radius 1 is 0.611 bits per heavy atom. The summed E-state index contributed by atoms with van der Waals surface area (Å²) in [7, 11) is 0. The van der Waals surface area contributed by atoms with Crippen molar-refractivity contribution in [3.63, 3.8) is 0 Å². The van der Waals surface area contributed by atoms with Gasteiger partial charge < -0.3 is 10.2 Å². The molecule has 1 aromatic carbocycles. The minimum absolute atomic E-state index is 0.188. The maximum Gasteiger partial charge on any atom is 0.123 e. The second-order valence-corrected chi connectivity index (χ2v) is 7.20. The van der Waals surface area contributed by atoms with Gasteiger partial charge in [0.2, 0.25) is 0 Å². The molecule has 2 N–H and O–H groups in total. The van der Waals surface area contributed by atoms with Crippen molar-refractivity contribution < 1.29 is 10.2 Å². The minimum atomic E-state index is -0.188. The summed E-state index contributed by atoms with van der Waals surface area (Å²) in [5, 5.41) is 20.9. The zero-order valence-electron chi connectivity index (χ0n) is 12.9. The van der Waals surface area contributed by atoms with Crippen LogP contribution < -0.4 is 0 Å². The molecule has 0 aliphatic carbocycles. The number of phenols is 2. The number of benzene rings is 1. The van der Waals surface area contributed by atoms with Gasteiger partial charge in [0.1, 0.15) is 11.5 Å². The van der Waals surface area contributed by atoms with Gasteiger partial charge in [0.25, 0.3) is 0 Å². The Hall–Kier alpha value is -1.18. The lowest BCUT2D eigenvalue weighted by molar-refractivity contribution is 0.410. The summed E-state index contributed by atoms with van der Waals surface area (Å²) in [5.41, 5.74) is 2.88. The van der Waals surface area contributed by atoms with Gasteiger partial charge in [0, 0.05) is 11.1 Å². The van der Waals surface area contributed by atoms with Crippen LogP contribution in [0.1, 0.15) is 63.8 Å². The van der Waals surface area contributed by atoms with Gasteiger partial charge in [-0.3, -0.25) is 0 Å². The summed E-state index contributed by atoms with van der Waals surface area (Å²) in [6.45, 7) is 16.0. The van der Waals surface area contributed by atoms with E-state index in [4.69, 9.17) is 0 Å². The van der Waals surface area contributed by atoms with Crippen molar-refractivity contribution in [3.8, 4) is 11.5 Å². The smallest absolute Gasteiger partial charge is 0.123 e. The average Bonchev–Trinajstić information content (AvgIpc) is 2.10. The van der Waals surface area contributed by atoms with Crippen LogP contribution in [-0.2, 0) is 10.8 Å². The van der Waals surface area contributed by atoms with Gasteiger partial charge in [-0.15, -0.1) is 0 Å². The third-order valence-corrected chi connectivity index (χ3v) is 3.43. The van der Waals surface area contributed by atoms with E-state index < -0.39 is 0 Å². The fourth-order valence-corrected chi connectivity index (χ4v) is 2.80. The van der Waals surface area contributed by atoms with Gasteiger partial charge in [-0.25, -0.2) is 0 Å². The lowest BCUT2D eigenvalue weighted by atomic mass is 9.76. The number of hydrogen-bond donors (Lipinski definition) is 2. The maximum absolute atomic E-state index is 10.5. The Balaban J connectivity index is 3.79. The monoisotopic (exact) mass is 250 g/mol. The summed E-state index contributed by atoms with van der Waals surface area (Å²) >= 11 is 0. The first-order valence-corrected chi connectivity index (χ1v) is 6.45. The van der Waals surface area contributed by atoms with Crippen molar-refractivity contribution >= 4 is 0 Å². The molecule has 0 aromatic heterocycles.